The first-order chi connectivity index (χ1) is 6.20. The van der Waals surface area contributed by atoms with E-state index in [-0.39, 0.29) is 6.54 Å². The summed E-state index contributed by atoms with van der Waals surface area (Å²) in [6.45, 7) is 0.568. The van der Waals surface area contributed by atoms with Crippen LogP contribution in [0.3, 0.4) is 0 Å². The van der Waals surface area contributed by atoms with Gasteiger partial charge < -0.3 is 10.1 Å². The third-order valence-corrected chi connectivity index (χ3v) is 3.12. The Morgan fingerprint density at radius 3 is 3.00 bits per heavy atom. The zero-order chi connectivity index (χ0) is 10.1. The van der Waals surface area contributed by atoms with Gasteiger partial charge in [-0.15, -0.1) is 18.0 Å². The van der Waals surface area contributed by atoms with Crippen LogP contribution in [0.25, 0.3) is 0 Å². The van der Waals surface area contributed by atoms with Gasteiger partial charge in [0.15, 0.2) is 0 Å². The van der Waals surface area contributed by atoms with Crippen molar-refractivity contribution in [3.63, 3.8) is 0 Å². The summed E-state index contributed by atoms with van der Waals surface area (Å²) in [4.78, 5) is 10.8. The Balaban J connectivity index is 3.32. The molecule has 0 aliphatic carbocycles. The molecular formula is C8H11ClINO2. The maximum absolute atomic E-state index is 10.8. The van der Waals surface area contributed by atoms with E-state index in [1.807, 2.05) is 0 Å². The second kappa shape index (κ2) is 8.45. The molecular weight excluding hydrogens is 304 g/mol. The molecule has 3 nitrogen and oxygen atoms in total. The largest absolute Gasteiger partial charge is 0.450 e. The molecule has 0 aliphatic heterocycles. The van der Waals surface area contributed by atoms with E-state index in [9.17, 15) is 4.79 Å². The molecule has 0 fully saturated rings. The number of ether oxygens (including phenoxy) is 1. The summed E-state index contributed by atoms with van der Waals surface area (Å²) in [5.41, 5.74) is 0. The van der Waals surface area contributed by atoms with Gasteiger partial charge in [0.1, 0.15) is 0 Å². The van der Waals surface area contributed by atoms with Crippen LogP contribution in [0.2, 0.25) is 0 Å². The standard InChI is InChI=1S/C8H11ClINO2/c1-2-4-11-8(12)13-5-3-7(10)6-9/h1,7H,3-6H2,(H,11,12). The van der Waals surface area contributed by atoms with Crippen LogP contribution in [-0.4, -0.2) is 29.0 Å². The molecule has 0 spiro atoms. The van der Waals surface area contributed by atoms with Crippen molar-refractivity contribution >= 4 is 40.3 Å². The Morgan fingerprint density at radius 1 is 1.77 bits per heavy atom. The summed E-state index contributed by atoms with van der Waals surface area (Å²) in [7, 11) is 0. The van der Waals surface area contributed by atoms with Crippen molar-refractivity contribution in [2.45, 2.75) is 10.3 Å². The summed E-state index contributed by atoms with van der Waals surface area (Å²) >= 11 is 7.77. The third-order valence-electron chi connectivity index (χ3n) is 1.17. The quantitative estimate of drug-likeness (QED) is 0.477. The summed E-state index contributed by atoms with van der Waals surface area (Å²) < 4.78 is 5.14. The van der Waals surface area contributed by atoms with E-state index >= 15 is 0 Å². The molecule has 0 heterocycles. The highest BCUT2D eigenvalue weighted by atomic mass is 127. The first-order valence-corrected chi connectivity index (χ1v) is 5.52. The second-order valence-corrected chi connectivity index (χ2v) is 4.30. The number of hydrogen-bond donors (Lipinski definition) is 1. The van der Waals surface area contributed by atoms with E-state index < -0.39 is 6.09 Å². The van der Waals surface area contributed by atoms with Gasteiger partial charge >= 0.3 is 6.09 Å². The van der Waals surface area contributed by atoms with Crippen LogP contribution in [0.5, 0.6) is 0 Å². The number of halogens is 2. The number of rotatable bonds is 5. The van der Waals surface area contributed by atoms with Crippen LogP contribution >= 0.6 is 34.2 Å². The molecule has 13 heavy (non-hydrogen) atoms. The first-order valence-electron chi connectivity index (χ1n) is 3.74. The van der Waals surface area contributed by atoms with Crippen LogP contribution in [0.1, 0.15) is 6.42 Å². The third kappa shape index (κ3) is 8.19. The molecule has 0 saturated carbocycles. The van der Waals surface area contributed by atoms with E-state index in [4.69, 9.17) is 22.8 Å². The number of amides is 1. The molecule has 0 aromatic heterocycles. The molecule has 1 unspecified atom stereocenters. The SMILES string of the molecule is C#CCNC(=O)OCCC(I)CCl. The average Bonchev–Trinajstić information content (AvgIpc) is 2.14. The van der Waals surface area contributed by atoms with Gasteiger partial charge in [-0.1, -0.05) is 28.5 Å². The molecule has 1 atom stereocenters. The lowest BCUT2D eigenvalue weighted by Gasteiger charge is -2.06. The van der Waals surface area contributed by atoms with Crippen molar-refractivity contribution in [3.05, 3.63) is 0 Å². The minimum atomic E-state index is -0.476. The highest BCUT2D eigenvalue weighted by molar-refractivity contribution is 14.1. The summed E-state index contributed by atoms with van der Waals surface area (Å²) in [6, 6.07) is 0. The minimum Gasteiger partial charge on any atom is -0.450 e. The van der Waals surface area contributed by atoms with E-state index in [2.05, 4.69) is 33.8 Å². The Kier molecular flexibility index (Phi) is 8.35. The van der Waals surface area contributed by atoms with Crippen molar-refractivity contribution in [1.82, 2.24) is 5.32 Å². The zero-order valence-corrected chi connectivity index (χ0v) is 9.97. The maximum Gasteiger partial charge on any atom is 0.407 e. The molecule has 0 radical (unpaired) electrons. The first kappa shape index (κ1) is 12.8. The number of alkyl carbamates (subject to hydrolysis) is 1. The smallest absolute Gasteiger partial charge is 0.407 e. The molecule has 0 rings (SSSR count). The summed E-state index contributed by atoms with van der Waals surface area (Å²) in [6.07, 6.45) is 5.22. The Hall–Kier alpha value is -0.150. The number of carbonyl (C=O) groups excluding carboxylic acids is 1. The fraction of sp³-hybridized carbons (Fsp3) is 0.625. The van der Waals surface area contributed by atoms with E-state index in [1.54, 1.807) is 0 Å². The van der Waals surface area contributed by atoms with Gasteiger partial charge in [-0.3, -0.25) is 0 Å². The van der Waals surface area contributed by atoms with Crippen molar-refractivity contribution < 1.29 is 9.53 Å². The maximum atomic E-state index is 10.8. The second-order valence-electron chi connectivity index (χ2n) is 2.23. The van der Waals surface area contributed by atoms with Gasteiger partial charge in [-0.25, -0.2) is 4.79 Å². The van der Waals surface area contributed by atoms with Gasteiger partial charge in [-0.05, 0) is 6.42 Å². The van der Waals surface area contributed by atoms with Gasteiger partial charge in [0, 0.05) is 9.80 Å². The van der Waals surface area contributed by atoms with Gasteiger partial charge in [-0.2, -0.15) is 0 Å². The lowest BCUT2D eigenvalue weighted by molar-refractivity contribution is 0.146. The number of nitrogens with one attached hydrogen (secondary N) is 1. The lowest BCUT2D eigenvalue weighted by atomic mass is 10.4. The predicted molar refractivity (Wildman–Crippen MR) is 61.3 cm³/mol. The van der Waals surface area contributed by atoms with Gasteiger partial charge in [0.2, 0.25) is 0 Å². The van der Waals surface area contributed by atoms with Crippen molar-refractivity contribution in [2.75, 3.05) is 19.0 Å². The number of terminal acetylenes is 1. The highest BCUT2D eigenvalue weighted by Crippen LogP contribution is 2.07. The minimum absolute atomic E-state index is 0.196. The molecule has 0 bridgehead atoms. The Labute approximate surface area is 96.7 Å². The highest BCUT2D eigenvalue weighted by Gasteiger charge is 2.04. The Morgan fingerprint density at radius 2 is 2.46 bits per heavy atom. The number of alkyl halides is 2. The van der Waals surface area contributed by atoms with Crippen LogP contribution < -0.4 is 5.32 Å². The monoisotopic (exact) mass is 315 g/mol. The average molecular weight is 316 g/mol. The predicted octanol–water partition coefficient (Wildman–Crippen LogP) is 1.78. The molecule has 0 aliphatic rings. The molecule has 1 amide bonds. The van der Waals surface area contributed by atoms with E-state index in [0.717, 1.165) is 6.42 Å². The van der Waals surface area contributed by atoms with Gasteiger partial charge in [0.05, 0.1) is 13.2 Å². The van der Waals surface area contributed by atoms with Crippen LogP contribution in [0.4, 0.5) is 4.79 Å². The molecule has 74 valence electrons. The Bertz CT molecular complexity index is 193. The summed E-state index contributed by atoms with van der Waals surface area (Å²) in [5.74, 6) is 2.84. The van der Waals surface area contributed by atoms with Crippen molar-refractivity contribution in [2.24, 2.45) is 0 Å². The molecule has 0 aromatic carbocycles. The van der Waals surface area contributed by atoms with E-state index in [1.165, 1.54) is 0 Å². The molecule has 5 heteroatoms. The van der Waals surface area contributed by atoms with Gasteiger partial charge in [0.25, 0.3) is 0 Å². The molecule has 0 aromatic rings. The normalized spacial score (nSPS) is 11.5. The zero-order valence-electron chi connectivity index (χ0n) is 7.06. The van der Waals surface area contributed by atoms with E-state index in [0.29, 0.717) is 16.4 Å². The lowest BCUT2D eigenvalue weighted by Crippen LogP contribution is -2.25. The fourth-order valence-corrected chi connectivity index (χ4v) is 0.939. The summed E-state index contributed by atoms with van der Waals surface area (Å²) in [5, 5.41) is 2.39. The number of hydrogen-bond acceptors (Lipinski definition) is 2. The van der Waals surface area contributed by atoms with Crippen LogP contribution in [0.15, 0.2) is 0 Å². The number of carbonyl (C=O) groups is 1. The van der Waals surface area contributed by atoms with Crippen molar-refractivity contribution in [1.29, 1.82) is 0 Å². The topological polar surface area (TPSA) is 38.3 Å². The van der Waals surface area contributed by atoms with Crippen LogP contribution in [0, 0.1) is 12.3 Å². The van der Waals surface area contributed by atoms with Crippen LogP contribution in [-0.2, 0) is 4.74 Å². The fourth-order valence-electron chi connectivity index (χ4n) is 0.531. The molecule has 1 N–H and O–H groups in total. The van der Waals surface area contributed by atoms with Crippen molar-refractivity contribution in [3.8, 4) is 12.3 Å². The molecule has 0 saturated heterocycles.